The largest absolute Gasteiger partial charge is 0.403 e. The van der Waals surface area contributed by atoms with Crippen LogP contribution in [0, 0.1) is 0 Å². The summed E-state index contributed by atoms with van der Waals surface area (Å²) in [6, 6.07) is 8.88. The van der Waals surface area contributed by atoms with Gasteiger partial charge < -0.3 is 14.6 Å². The maximum absolute atomic E-state index is 11.9. The molecule has 3 rings (SSSR count). The molecule has 3 aromatic rings. The zero-order valence-electron chi connectivity index (χ0n) is 13.5. The van der Waals surface area contributed by atoms with Crippen LogP contribution in [0.4, 0.5) is 22.3 Å². The molecule has 9 nitrogen and oxygen atoms in total. The molecule has 9 heteroatoms. The van der Waals surface area contributed by atoms with Gasteiger partial charge >= 0.3 is 12.0 Å². The highest BCUT2D eigenvalue weighted by molar-refractivity contribution is 5.99. The van der Waals surface area contributed by atoms with Crippen LogP contribution in [0.5, 0.6) is 0 Å². The standard InChI is InChI=1S/C15H17N7O2/c1-21(2)15-19-18-13(24-15)10-4-6-11(7-5-10)16-14(23)17-12-8-9-22(3)20-12/h4-9H,1-3H3,(H2,16,17,20,23). The van der Waals surface area contributed by atoms with Crippen molar-refractivity contribution < 1.29 is 9.21 Å². The maximum atomic E-state index is 11.9. The molecule has 0 aliphatic rings. The van der Waals surface area contributed by atoms with Crippen molar-refractivity contribution in [2.75, 3.05) is 29.6 Å². The van der Waals surface area contributed by atoms with E-state index in [1.807, 2.05) is 14.1 Å². The second kappa shape index (κ2) is 6.41. The van der Waals surface area contributed by atoms with Crippen LogP contribution >= 0.6 is 0 Å². The van der Waals surface area contributed by atoms with Crippen LogP contribution in [-0.2, 0) is 7.05 Å². The van der Waals surface area contributed by atoms with E-state index in [0.717, 1.165) is 5.56 Å². The smallest absolute Gasteiger partial charge is 0.324 e. The summed E-state index contributed by atoms with van der Waals surface area (Å²) in [6.45, 7) is 0. The van der Waals surface area contributed by atoms with Gasteiger partial charge in [0.2, 0.25) is 5.89 Å². The quantitative estimate of drug-likeness (QED) is 0.761. The lowest BCUT2D eigenvalue weighted by Gasteiger charge is -2.06. The number of carbonyl (C=O) groups is 1. The molecule has 124 valence electrons. The molecule has 0 spiro atoms. The fourth-order valence-electron chi connectivity index (χ4n) is 1.97. The van der Waals surface area contributed by atoms with Gasteiger partial charge in [-0.2, -0.15) is 5.10 Å². The Bertz CT molecular complexity index is 836. The van der Waals surface area contributed by atoms with E-state index in [4.69, 9.17) is 4.42 Å². The molecular formula is C15H17N7O2. The summed E-state index contributed by atoms with van der Waals surface area (Å²) >= 11 is 0. The van der Waals surface area contributed by atoms with Gasteiger partial charge in [-0.05, 0) is 24.3 Å². The summed E-state index contributed by atoms with van der Waals surface area (Å²) in [5.74, 6) is 0.900. The molecule has 0 unspecified atom stereocenters. The Kier molecular flexibility index (Phi) is 4.15. The van der Waals surface area contributed by atoms with Gasteiger partial charge in [0.1, 0.15) is 0 Å². The van der Waals surface area contributed by atoms with Gasteiger partial charge in [0, 0.05) is 44.7 Å². The average Bonchev–Trinajstić information content (AvgIpc) is 3.17. The summed E-state index contributed by atoms with van der Waals surface area (Å²) in [4.78, 5) is 13.6. The molecule has 0 bridgehead atoms. The molecule has 0 saturated carbocycles. The molecule has 2 heterocycles. The van der Waals surface area contributed by atoms with Crippen molar-refractivity contribution in [1.29, 1.82) is 0 Å². The summed E-state index contributed by atoms with van der Waals surface area (Å²) < 4.78 is 7.13. The topological polar surface area (TPSA) is 101 Å². The van der Waals surface area contributed by atoms with Crippen molar-refractivity contribution in [1.82, 2.24) is 20.0 Å². The number of nitrogens with zero attached hydrogens (tertiary/aromatic N) is 5. The zero-order valence-corrected chi connectivity index (χ0v) is 13.5. The van der Waals surface area contributed by atoms with Crippen molar-refractivity contribution in [2.45, 2.75) is 0 Å². The Morgan fingerprint density at radius 2 is 1.88 bits per heavy atom. The summed E-state index contributed by atoms with van der Waals surface area (Å²) in [5.41, 5.74) is 1.41. The molecule has 0 radical (unpaired) electrons. The van der Waals surface area contributed by atoms with Gasteiger partial charge in [0.05, 0.1) is 0 Å². The minimum Gasteiger partial charge on any atom is -0.403 e. The van der Waals surface area contributed by atoms with E-state index in [1.54, 1.807) is 53.2 Å². The van der Waals surface area contributed by atoms with Gasteiger partial charge in [0.25, 0.3) is 0 Å². The highest BCUT2D eigenvalue weighted by Crippen LogP contribution is 2.22. The molecule has 0 fully saturated rings. The van der Waals surface area contributed by atoms with Crippen LogP contribution in [0.3, 0.4) is 0 Å². The number of amides is 2. The average molecular weight is 327 g/mol. The lowest BCUT2D eigenvalue weighted by molar-refractivity contribution is 0.262. The number of rotatable bonds is 4. The number of hydrogen-bond donors (Lipinski definition) is 2. The fraction of sp³-hybridized carbons (Fsp3) is 0.200. The lowest BCUT2D eigenvalue weighted by Crippen LogP contribution is -2.19. The Hall–Kier alpha value is -3.36. The number of urea groups is 1. The van der Waals surface area contributed by atoms with E-state index in [0.29, 0.717) is 23.4 Å². The van der Waals surface area contributed by atoms with Gasteiger partial charge in [-0.25, -0.2) is 4.79 Å². The second-order valence-electron chi connectivity index (χ2n) is 5.32. The van der Waals surface area contributed by atoms with Crippen LogP contribution in [-0.4, -0.2) is 40.1 Å². The Balaban J connectivity index is 1.64. The first-order valence-electron chi connectivity index (χ1n) is 7.20. The molecule has 2 aromatic heterocycles. The zero-order chi connectivity index (χ0) is 17.1. The van der Waals surface area contributed by atoms with Gasteiger partial charge in [-0.15, -0.1) is 5.10 Å². The second-order valence-corrected chi connectivity index (χ2v) is 5.32. The van der Waals surface area contributed by atoms with Gasteiger partial charge in [0.15, 0.2) is 5.82 Å². The number of aryl methyl sites for hydroxylation is 1. The first-order valence-corrected chi connectivity index (χ1v) is 7.20. The molecule has 2 amide bonds. The third-order valence-electron chi connectivity index (χ3n) is 3.14. The van der Waals surface area contributed by atoms with Gasteiger partial charge in [-0.1, -0.05) is 5.10 Å². The van der Waals surface area contributed by atoms with E-state index < -0.39 is 0 Å². The molecule has 0 aliphatic carbocycles. The van der Waals surface area contributed by atoms with E-state index in [2.05, 4.69) is 25.9 Å². The molecule has 1 aromatic carbocycles. The number of benzene rings is 1. The van der Waals surface area contributed by atoms with Crippen molar-refractivity contribution in [3.63, 3.8) is 0 Å². The third-order valence-corrected chi connectivity index (χ3v) is 3.14. The lowest BCUT2D eigenvalue weighted by atomic mass is 10.2. The van der Waals surface area contributed by atoms with E-state index >= 15 is 0 Å². The predicted octanol–water partition coefficient (Wildman–Crippen LogP) is 2.18. The maximum Gasteiger partial charge on any atom is 0.324 e. The van der Waals surface area contributed by atoms with Gasteiger partial charge in [-0.3, -0.25) is 10.00 Å². The van der Waals surface area contributed by atoms with Crippen molar-refractivity contribution in [2.24, 2.45) is 7.05 Å². The normalized spacial score (nSPS) is 10.5. The van der Waals surface area contributed by atoms with Crippen LogP contribution in [0.1, 0.15) is 0 Å². The molecule has 0 aliphatic heterocycles. The molecule has 0 atom stereocenters. The van der Waals surface area contributed by atoms with Crippen molar-refractivity contribution >= 4 is 23.6 Å². The SMILES string of the molecule is CN(C)c1nnc(-c2ccc(NC(=O)Nc3ccn(C)n3)cc2)o1. The van der Waals surface area contributed by atoms with Crippen LogP contribution < -0.4 is 15.5 Å². The summed E-state index contributed by atoms with van der Waals surface area (Å²) in [5, 5.41) is 17.4. The highest BCUT2D eigenvalue weighted by Gasteiger charge is 2.10. The van der Waals surface area contributed by atoms with Crippen molar-refractivity contribution in [3.05, 3.63) is 36.5 Å². The van der Waals surface area contributed by atoms with Crippen LogP contribution in [0.15, 0.2) is 40.9 Å². The molecule has 24 heavy (non-hydrogen) atoms. The van der Waals surface area contributed by atoms with Crippen molar-refractivity contribution in [3.8, 4) is 11.5 Å². The van der Waals surface area contributed by atoms with Crippen LogP contribution in [0.2, 0.25) is 0 Å². The Morgan fingerprint density at radius 1 is 1.12 bits per heavy atom. The molecule has 0 saturated heterocycles. The number of hydrogen-bond acceptors (Lipinski definition) is 6. The summed E-state index contributed by atoms with van der Waals surface area (Å²) in [6.07, 6.45) is 1.75. The molecule has 2 N–H and O–H groups in total. The monoisotopic (exact) mass is 327 g/mol. The molecular weight excluding hydrogens is 310 g/mol. The van der Waals surface area contributed by atoms with E-state index in [1.165, 1.54) is 0 Å². The fourth-order valence-corrected chi connectivity index (χ4v) is 1.97. The first kappa shape index (κ1) is 15.5. The number of carbonyl (C=O) groups excluding carboxylic acids is 1. The number of aromatic nitrogens is 4. The number of anilines is 3. The predicted molar refractivity (Wildman–Crippen MR) is 89.9 cm³/mol. The summed E-state index contributed by atoms with van der Waals surface area (Å²) in [7, 11) is 5.43. The minimum absolute atomic E-state index is 0.367. The Labute approximate surface area is 138 Å². The Morgan fingerprint density at radius 3 is 2.46 bits per heavy atom. The first-order chi connectivity index (χ1) is 11.5. The minimum atomic E-state index is -0.367. The van der Waals surface area contributed by atoms with E-state index in [-0.39, 0.29) is 6.03 Å². The van der Waals surface area contributed by atoms with E-state index in [9.17, 15) is 4.79 Å². The van der Waals surface area contributed by atoms with Crippen LogP contribution in [0.25, 0.3) is 11.5 Å². The highest BCUT2D eigenvalue weighted by atomic mass is 16.4. The third kappa shape index (κ3) is 3.51. The number of nitrogens with one attached hydrogen (secondary N) is 2.